The normalized spacial score (nSPS) is 10.7. The van der Waals surface area contributed by atoms with Crippen molar-refractivity contribution in [2.75, 3.05) is 20.6 Å². The fourth-order valence-electron chi connectivity index (χ4n) is 0.665. The lowest BCUT2D eigenvalue weighted by Crippen LogP contribution is -2.16. The molecule has 0 N–H and O–H groups in total. The molecule has 10 heavy (non-hydrogen) atoms. The summed E-state index contributed by atoms with van der Waals surface area (Å²) in [7, 11) is 4.15. The van der Waals surface area contributed by atoms with Crippen LogP contribution in [-0.2, 0) is 4.79 Å². The van der Waals surface area contributed by atoms with Gasteiger partial charge in [0.05, 0.1) is 16.2 Å². The Kier molecular flexibility index (Phi) is 6.38. The molecule has 0 amide bonds. The topological polar surface area (TPSA) is 32.7 Å². The second-order valence-electron chi connectivity index (χ2n) is 2.48. The van der Waals surface area contributed by atoms with Gasteiger partial charge in [0.2, 0.25) is 6.08 Å². The van der Waals surface area contributed by atoms with Gasteiger partial charge in [-0.3, -0.25) is 0 Å². The summed E-state index contributed by atoms with van der Waals surface area (Å²) in [6.45, 7) is 0.657. The first kappa shape index (κ1) is 9.56. The van der Waals surface area contributed by atoms with Crippen LogP contribution in [0.25, 0.3) is 0 Å². The molecule has 0 bridgehead atoms. The Bertz CT molecular complexity index is 121. The van der Waals surface area contributed by atoms with Gasteiger partial charge in [0.25, 0.3) is 0 Å². The maximum absolute atomic E-state index is 9.61. The van der Waals surface area contributed by atoms with E-state index in [1.54, 1.807) is 0 Å². The number of hydrogen-bond donors (Lipinski definition) is 0. The van der Waals surface area contributed by atoms with Gasteiger partial charge >= 0.3 is 0 Å². The zero-order valence-corrected chi connectivity index (χ0v) is 8.05. The van der Waals surface area contributed by atoms with Crippen molar-refractivity contribution in [3.8, 4) is 0 Å². The van der Waals surface area contributed by atoms with Gasteiger partial charge < -0.3 is 4.57 Å². The Hall–Kier alpha value is -0.443. The first-order valence-corrected chi connectivity index (χ1v) is 5.09. The lowest BCUT2D eigenvalue weighted by Gasteiger charge is -2.05. The molecule has 0 unspecified atom stereocenters. The van der Waals surface area contributed by atoms with Crippen molar-refractivity contribution >= 4 is 15.8 Å². The van der Waals surface area contributed by atoms with Gasteiger partial charge in [-0.25, -0.2) is 9.79 Å². The van der Waals surface area contributed by atoms with Crippen molar-refractivity contribution < 1.29 is 4.79 Å². The highest BCUT2D eigenvalue weighted by Crippen LogP contribution is 1.89. The van der Waals surface area contributed by atoms with E-state index in [1.165, 1.54) is 12.1 Å². The number of hydrogen-bond acceptors (Lipinski definition) is 3. The maximum atomic E-state index is 9.61. The minimum absolute atomic E-state index is 0.0384. The number of aliphatic imine (C=N–C) groups is 1. The second kappa shape index (κ2) is 6.67. The molecule has 0 fully saturated rings. The van der Waals surface area contributed by atoms with Crippen molar-refractivity contribution in [1.82, 2.24) is 4.57 Å². The third kappa shape index (κ3) is 7.56. The smallest absolute Gasteiger partial charge is 0.234 e. The minimum Gasteiger partial charge on any atom is -0.334 e. The molecule has 0 rings (SSSR count). The molecule has 0 aliphatic heterocycles. The molecule has 0 saturated heterocycles. The van der Waals surface area contributed by atoms with Gasteiger partial charge in [0, 0.05) is 0 Å². The predicted molar refractivity (Wildman–Crippen MR) is 44.6 cm³/mol. The van der Waals surface area contributed by atoms with E-state index in [0.717, 1.165) is 6.42 Å². The van der Waals surface area contributed by atoms with Crippen LogP contribution in [0.4, 0.5) is 0 Å². The monoisotopic (exact) mass is 158 g/mol. The Morgan fingerprint density at radius 2 is 2.30 bits per heavy atom. The number of carbonyl (C=O) groups excluding carboxylic acids is 1. The first-order valence-electron chi connectivity index (χ1n) is 3.45. The van der Waals surface area contributed by atoms with Crippen molar-refractivity contribution in [2.45, 2.75) is 12.5 Å². The van der Waals surface area contributed by atoms with Gasteiger partial charge in [0.1, 0.15) is 0 Å². The van der Waals surface area contributed by atoms with Crippen LogP contribution in [0.1, 0.15) is 6.42 Å². The quantitative estimate of drug-likeness (QED) is 0.240. The summed E-state index contributed by atoms with van der Waals surface area (Å²) in [6.07, 6.45) is 2.57. The van der Waals surface area contributed by atoms with Crippen molar-refractivity contribution in [1.29, 1.82) is 0 Å². The van der Waals surface area contributed by atoms with Crippen LogP contribution in [0, 0.1) is 0 Å². The van der Waals surface area contributed by atoms with Crippen LogP contribution < -0.4 is 0 Å². The summed E-state index contributed by atoms with van der Waals surface area (Å²) in [5, 5.41) is 0. The molecule has 0 aliphatic rings. The maximum Gasteiger partial charge on any atom is 0.234 e. The van der Waals surface area contributed by atoms with Gasteiger partial charge in [0.15, 0.2) is 0 Å². The van der Waals surface area contributed by atoms with E-state index in [2.05, 4.69) is 23.7 Å². The Balaban J connectivity index is 2.98. The molecule has 0 heterocycles. The zero-order valence-electron chi connectivity index (χ0n) is 6.63. The van der Waals surface area contributed by atoms with Crippen LogP contribution in [-0.4, -0.2) is 41.0 Å². The van der Waals surface area contributed by atoms with E-state index in [0.29, 0.717) is 6.54 Å². The summed E-state index contributed by atoms with van der Waals surface area (Å²) in [5.74, 6) is 0. The molecule has 58 valence electrons. The summed E-state index contributed by atoms with van der Waals surface area (Å²) < 4.78 is 2.25. The van der Waals surface area contributed by atoms with Gasteiger partial charge in [-0.2, -0.15) is 0 Å². The van der Waals surface area contributed by atoms with E-state index in [-0.39, 0.29) is 9.68 Å². The average Bonchev–Trinajstić information content (AvgIpc) is 1.87. The molecule has 4 heteroatoms. The molecule has 3 nitrogen and oxygen atoms in total. The molecule has 0 aromatic heterocycles. The number of rotatable bonds is 5. The second-order valence-corrected chi connectivity index (χ2v) is 4.90. The van der Waals surface area contributed by atoms with E-state index >= 15 is 0 Å². The SMILES string of the molecule is CN(C)[SiH2]CCCN=C=O. The molecule has 0 atom stereocenters. The summed E-state index contributed by atoms with van der Waals surface area (Å²) >= 11 is 0. The Morgan fingerprint density at radius 3 is 2.80 bits per heavy atom. The molecule has 0 aliphatic carbocycles. The van der Waals surface area contributed by atoms with Gasteiger partial charge in [-0.15, -0.1) is 0 Å². The third-order valence-corrected chi connectivity index (χ3v) is 2.90. The summed E-state index contributed by atoms with van der Waals surface area (Å²) in [4.78, 5) is 13.1. The highest BCUT2D eigenvalue weighted by atomic mass is 28.2. The molecule has 0 radical (unpaired) electrons. The van der Waals surface area contributed by atoms with Gasteiger partial charge in [-0.05, 0) is 26.6 Å². The first-order chi connectivity index (χ1) is 4.77. The van der Waals surface area contributed by atoms with E-state index in [9.17, 15) is 4.79 Å². The van der Waals surface area contributed by atoms with Crippen molar-refractivity contribution in [2.24, 2.45) is 4.99 Å². The average molecular weight is 158 g/mol. The standard InChI is InChI=1S/C6H14N2OSi/c1-8(2)10-5-3-4-7-6-9/h3-5,10H2,1-2H3. The highest BCUT2D eigenvalue weighted by Gasteiger charge is 1.89. The lowest BCUT2D eigenvalue weighted by atomic mass is 10.5. The molecular formula is C6H14N2OSi. The van der Waals surface area contributed by atoms with Crippen LogP contribution in [0.3, 0.4) is 0 Å². The van der Waals surface area contributed by atoms with Gasteiger partial charge in [-0.1, -0.05) is 0 Å². The van der Waals surface area contributed by atoms with Crippen LogP contribution >= 0.6 is 0 Å². The zero-order chi connectivity index (χ0) is 7.82. The summed E-state index contributed by atoms with van der Waals surface area (Å²) in [6, 6.07) is 1.23. The largest absolute Gasteiger partial charge is 0.334 e. The van der Waals surface area contributed by atoms with E-state index in [1.807, 2.05) is 0 Å². The molecule has 0 spiro atoms. The molecule has 0 saturated carbocycles. The van der Waals surface area contributed by atoms with Crippen LogP contribution in [0.15, 0.2) is 4.99 Å². The highest BCUT2D eigenvalue weighted by molar-refractivity contribution is 6.31. The summed E-state index contributed by atoms with van der Waals surface area (Å²) in [5.41, 5.74) is 0. The van der Waals surface area contributed by atoms with Crippen LogP contribution in [0.2, 0.25) is 6.04 Å². The van der Waals surface area contributed by atoms with Crippen LogP contribution in [0.5, 0.6) is 0 Å². The minimum atomic E-state index is -0.0384. The fraction of sp³-hybridized carbons (Fsp3) is 0.833. The molecule has 0 aromatic carbocycles. The molecular weight excluding hydrogens is 144 g/mol. The van der Waals surface area contributed by atoms with E-state index < -0.39 is 0 Å². The number of isocyanates is 1. The molecule has 0 aromatic rings. The third-order valence-electron chi connectivity index (χ3n) is 1.19. The van der Waals surface area contributed by atoms with Crippen molar-refractivity contribution in [3.63, 3.8) is 0 Å². The Morgan fingerprint density at radius 1 is 1.60 bits per heavy atom. The number of nitrogens with zero attached hydrogens (tertiary/aromatic N) is 2. The predicted octanol–water partition coefficient (Wildman–Crippen LogP) is -0.224. The lowest BCUT2D eigenvalue weighted by molar-refractivity contribution is 0.562. The van der Waals surface area contributed by atoms with Crippen molar-refractivity contribution in [3.05, 3.63) is 0 Å². The Labute approximate surface area is 64.0 Å². The fourth-order valence-corrected chi connectivity index (χ4v) is 1.74. The van der Waals surface area contributed by atoms with E-state index in [4.69, 9.17) is 0 Å².